The fraction of sp³-hybridized carbons (Fsp3) is 0.280. The maximum atomic E-state index is 13.7. The van der Waals surface area contributed by atoms with Gasteiger partial charge in [0.05, 0.1) is 17.7 Å². The van der Waals surface area contributed by atoms with Crippen LogP contribution in [-0.2, 0) is 16.6 Å². The number of rotatable bonds is 7. The number of phenols is 1. The molecule has 3 aromatic rings. The highest BCUT2D eigenvalue weighted by molar-refractivity contribution is 7.92. The van der Waals surface area contributed by atoms with Gasteiger partial charge in [0, 0.05) is 37.3 Å². The van der Waals surface area contributed by atoms with Crippen LogP contribution in [0.5, 0.6) is 11.5 Å². The van der Waals surface area contributed by atoms with E-state index in [1.54, 1.807) is 47.8 Å². The van der Waals surface area contributed by atoms with Crippen molar-refractivity contribution in [1.29, 1.82) is 0 Å². The van der Waals surface area contributed by atoms with E-state index in [9.17, 15) is 13.5 Å². The summed E-state index contributed by atoms with van der Waals surface area (Å²) in [6, 6.07) is 22.9. The molecular weight excluding hydrogens is 424 g/mol. The number of hydrogen-bond acceptors (Lipinski definition) is 5. The van der Waals surface area contributed by atoms with E-state index in [0.29, 0.717) is 36.6 Å². The Morgan fingerprint density at radius 1 is 0.969 bits per heavy atom. The standard InChI is InChI=1S/C25H28N2O4S/c1-31-23-10-7-9-22(18-23)27(32(29,30)24-11-3-2-4-12-24)21-14-16-26(17-15-21)19-20-8-5-6-13-25(20)28/h2-13,18,21,28H,14-17,19H2,1H3. The molecule has 1 heterocycles. The highest BCUT2D eigenvalue weighted by atomic mass is 32.2. The van der Waals surface area contributed by atoms with Crippen molar-refractivity contribution in [3.63, 3.8) is 0 Å². The molecule has 0 spiro atoms. The third kappa shape index (κ3) is 4.74. The molecule has 0 aromatic heterocycles. The summed E-state index contributed by atoms with van der Waals surface area (Å²) in [5.74, 6) is 0.909. The summed E-state index contributed by atoms with van der Waals surface area (Å²) in [6.45, 7) is 2.12. The zero-order chi connectivity index (χ0) is 22.6. The van der Waals surface area contributed by atoms with Gasteiger partial charge in [-0.05, 0) is 43.2 Å². The molecule has 0 amide bonds. The highest BCUT2D eigenvalue weighted by Gasteiger charge is 2.34. The lowest BCUT2D eigenvalue weighted by Gasteiger charge is -2.39. The van der Waals surface area contributed by atoms with Crippen LogP contribution < -0.4 is 9.04 Å². The quantitative estimate of drug-likeness (QED) is 0.580. The first-order valence-corrected chi connectivity index (χ1v) is 12.2. The van der Waals surface area contributed by atoms with Crippen LogP contribution in [0.25, 0.3) is 0 Å². The van der Waals surface area contributed by atoms with Crippen LogP contribution in [0, 0.1) is 0 Å². The molecule has 1 aliphatic rings. The molecule has 1 aliphatic heterocycles. The smallest absolute Gasteiger partial charge is 0.264 e. The zero-order valence-electron chi connectivity index (χ0n) is 18.1. The molecule has 168 valence electrons. The van der Waals surface area contributed by atoms with Crippen molar-refractivity contribution in [2.45, 2.75) is 30.3 Å². The van der Waals surface area contributed by atoms with Gasteiger partial charge >= 0.3 is 0 Å². The molecule has 0 saturated carbocycles. The van der Waals surface area contributed by atoms with Crippen LogP contribution >= 0.6 is 0 Å². The molecule has 0 unspecified atom stereocenters. The molecule has 0 atom stereocenters. The van der Waals surface area contributed by atoms with E-state index in [4.69, 9.17) is 4.74 Å². The molecule has 1 fully saturated rings. The maximum absolute atomic E-state index is 13.7. The molecule has 1 N–H and O–H groups in total. The van der Waals surface area contributed by atoms with E-state index >= 15 is 0 Å². The van der Waals surface area contributed by atoms with Gasteiger partial charge in [-0.25, -0.2) is 8.42 Å². The number of hydrogen-bond donors (Lipinski definition) is 1. The predicted molar refractivity (Wildman–Crippen MR) is 126 cm³/mol. The average Bonchev–Trinajstić information content (AvgIpc) is 2.82. The van der Waals surface area contributed by atoms with Gasteiger partial charge in [-0.2, -0.15) is 0 Å². The Kier molecular flexibility index (Phi) is 6.67. The second kappa shape index (κ2) is 9.63. The number of benzene rings is 3. The number of aromatic hydroxyl groups is 1. The SMILES string of the molecule is COc1cccc(N(C2CCN(Cc3ccccc3O)CC2)S(=O)(=O)c2ccccc2)c1. The van der Waals surface area contributed by atoms with Gasteiger partial charge in [0.15, 0.2) is 0 Å². The predicted octanol–water partition coefficient (Wildman–Crippen LogP) is 4.26. The van der Waals surface area contributed by atoms with Crippen molar-refractivity contribution in [1.82, 2.24) is 4.90 Å². The normalized spacial score (nSPS) is 15.4. The zero-order valence-corrected chi connectivity index (χ0v) is 18.9. The number of sulfonamides is 1. The number of para-hydroxylation sites is 1. The Morgan fingerprint density at radius 2 is 1.66 bits per heavy atom. The topological polar surface area (TPSA) is 70.1 Å². The van der Waals surface area contributed by atoms with E-state index in [1.165, 1.54) is 0 Å². The number of ether oxygens (including phenoxy) is 1. The van der Waals surface area contributed by atoms with Gasteiger partial charge in [-0.15, -0.1) is 0 Å². The minimum atomic E-state index is -3.74. The molecule has 0 aliphatic carbocycles. The highest BCUT2D eigenvalue weighted by Crippen LogP contribution is 2.33. The molecule has 3 aromatic carbocycles. The lowest BCUT2D eigenvalue weighted by molar-refractivity contribution is 0.204. The minimum absolute atomic E-state index is 0.173. The van der Waals surface area contributed by atoms with E-state index < -0.39 is 10.0 Å². The molecule has 1 saturated heterocycles. The Hall–Kier alpha value is -3.03. The molecule has 6 nitrogen and oxygen atoms in total. The van der Waals surface area contributed by atoms with E-state index in [-0.39, 0.29) is 10.9 Å². The fourth-order valence-electron chi connectivity index (χ4n) is 4.20. The van der Waals surface area contributed by atoms with E-state index in [1.807, 2.05) is 42.5 Å². The van der Waals surface area contributed by atoms with Gasteiger partial charge < -0.3 is 9.84 Å². The Bertz CT molecular complexity index is 1140. The van der Waals surface area contributed by atoms with Crippen molar-refractivity contribution in [2.24, 2.45) is 0 Å². The third-order valence-corrected chi connectivity index (χ3v) is 7.78. The van der Waals surface area contributed by atoms with Crippen LogP contribution in [0.4, 0.5) is 5.69 Å². The number of methoxy groups -OCH3 is 1. The van der Waals surface area contributed by atoms with Crippen LogP contribution in [0.15, 0.2) is 83.8 Å². The number of piperidine rings is 1. The number of nitrogens with zero attached hydrogens (tertiary/aromatic N) is 2. The summed E-state index contributed by atoms with van der Waals surface area (Å²) >= 11 is 0. The lowest BCUT2D eigenvalue weighted by atomic mass is 10.0. The Morgan fingerprint density at radius 3 is 2.34 bits per heavy atom. The monoisotopic (exact) mass is 452 g/mol. The minimum Gasteiger partial charge on any atom is -0.508 e. The summed E-state index contributed by atoms with van der Waals surface area (Å²) < 4.78 is 34.3. The lowest BCUT2D eigenvalue weighted by Crippen LogP contribution is -2.47. The van der Waals surface area contributed by atoms with Crippen molar-refractivity contribution >= 4 is 15.7 Å². The van der Waals surface area contributed by atoms with Crippen molar-refractivity contribution < 1.29 is 18.3 Å². The van der Waals surface area contributed by atoms with Crippen LogP contribution in [0.1, 0.15) is 18.4 Å². The van der Waals surface area contributed by atoms with Gasteiger partial charge in [-0.3, -0.25) is 9.21 Å². The van der Waals surface area contributed by atoms with Crippen LogP contribution in [0.2, 0.25) is 0 Å². The average molecular weight is 453 g/mol. The second-order valence-corrected chi connectivity index (χ2v) is 9.77. The molecule has 0 radical (unpaired) electrons. The summed E-state index contributed by atoms with van der Waals surface area (Å²) in [6.07, 6.45) is 1.38. The summed E-state index contributed by atoms with van der Waals surface area (Å²) in [7, 11) is -2.17. The molecule has 4 rings (SSSR count). The van der Waals surface area contributed by atoms with Crippen LogP contribution in [0.3, 0.4) is 0 Å². The molecule has 7 heteroatoms. The van der Waals surface area contributed by atoms with Crippen molar-refractivity contribution in [2.75, 3.05) is 24.5 Å². The molecule has 32 heavy (non-hydrogen) atoms. The fourth-order valence-corrected chi connectivity index (χ4v) is 5.92. The van der Waals surface area contributed by atoms with Gasteiger partial charge in [0.2, 0.25) is 0 Å². The first kappa shape index (κ1) is 22.2. The molecular formula is C25H28N2O4S. The van der Waals surface area contributed by atoms with Gasteiger partial charge in [0.1, 0.15) is 11.5 Å². The van der Waals surface area contributed by atoms with Crippen molar-refractivity contribution in [3.05, 3.63) is 84.4 Å². The number of likely N-dealkylation sites (tertiary alicyclic amines) is 1. The Balaban J connectivity index is 1.59. The number of anilines is 1. The Labute approximate surface area is 189 Å². The maximum Gasteiger partial charge on any atom is 0.264 e. The van der Waals surface area contributed by atoms with Gasteiger partial charge in [0.25, 0.3) is 10.0 Å². The summed E-state index contributed by atoms with van der Waals surface area (Å²) in [5.41, 5.74) is 1.49. The third-order valence-electron chi connectivity index (χ3n) is 5.88. The van der Waals surface area contributed by atoms with Gasteiger partial charge in [-0.1, -0.05) is 42.5 Å². The first-order valence-electron chi connectivity index (χ1n) is 10.7. The van der Waals surface area contributed by atoms with Crippen molar-refractivity contribution in [3.8, 4) is 11.5 Å². The largest absolute Gasteiger partial charge is 0.508 e. The number of phenolic OH excluding ortho intramolecular Hbond substituents is 1. The first-order chi connectivity index (χ1) is 15.5. The second-order valence-electron chi connectivity index (χ2n) is 7.95. The summed E-state index contributed by atoms with van der Waals surface area (Å²) in [4.78, 5) is 2.53. The van der Waals surface area contributed by atoms with Crippen LogP contribution in [-0.4, -0.2) is 44.7 Å². The summed E-state index contributed by atoms with van der Waals surface area (Å²) in [5, 5.41) is 10.1. The van der Waals surface area contributed by atoms with E-state index in [0.717, 1.165) is 18.7 Å². The van der Waals surface area contributed by atoms with E-state index in [2.05, 4.69) is 4.90 Å². The molecule has 0 bridgehead atoms.